The molecule has 0 aliphatic carbocycles. The fourth-order valence-corrected chi connectivity index (χ4v) is 4.49. The Morgan fingerprint density at radius 2 is 1.84 bits per heavy atom. The molecule has 2 amide bonds. The predicted octanol–water partition coefficient (Wildman–Crippen LogP) is 1.91. The van der Waals surface area contributed by atoms with Crippen molar-refractivity contribution >= 4 is 17.6 Å². The highest BCUT2D eigenvalue weighted by atomic mass is 16.5. The molecule has 0 unspecified atom stereocenters. The van der Waals surface area contributed by atoms with Gasteiger partial charge in [-0.2, -0.15) is 5.10 Å². The topological polar surface area (TPSA) is 64.4 Å². The average molecular weight is 337 g/mol. The highest BCUT2D eigenvalue weighted by molar-refractivity contribution is 6.22. The number of aromatic nitrogens is 2. The molecule has 4 heterocycles. The number of hydrogen-bond donors (Lipinski definition) is 0. The Bertz CT molecular complexity index is 846. The van der Waals surface area contributed by atoms with Crippen LogP contribution in [0, 0.1) is 18.8 Å². The summed E-state index contributed by atoms with van der Waals surface area (Å²) in [6.07, 6.45) is 3.38. The molecule has 2 bridgehead atoms. The maximum atomic E-state index is 12.8. The van der Waals surface area contributed by atoms with Gasteiger partial charge in [-0.25, -0.2) is 4.90 Å². The van der Waals surface area contributed by atoms with E-state index in [9.17, 15) is 9.59 Å². The van der Waals surface area contributed by atoms with Crippen LogP contribution < -0.4 is 4.90 Å². The maximum absolute atomic E-state index is 12.8. The van der Waals surface area contributed by atoms with Crippen LogP contribution in [0.4, 0.5) is 5.82 Å². The Kier molecular flexibility index (Phi) is 3.12. The van der Waals surface area contributed by atoms with E-state index in [2.05, 4.69) is 24.2 Å². The number of fused-ring (bicyclic) bond motifs is 5. The SMILES string of the molecule is Cc1cccc(Cn2ccc(N3C(=O)[C@@H]4[C@H](C3=O)[C@@H]3CC[C@@H]4O3)n2)c1. The summed E-state index contributed by atoms with van der Waals surface area (Å²) in [5, 5.41) is 4.48. The van der Waals surface area contributed by atoms with E-state index < -0.39 is 0 Å². The van der Waals surface area contributed by atoms with E-state index in [-0.39, 0.29) is 35.9 Å². The first-order valence-electron chi connectivity index (χ1n) is 8.74. The van der Waals surface area contributed by atoms with Gasteiger partial charge in [0.05, 0.1) is 30.6 Å². The number of nitrogens with zero attached hydrogens (tertiary/aromatic N) is 3. The molecule has 2 aromatic rings. The van der Waals surface area contributed by atoms with Gasteiger partial charge in [-0.15, -0.1) is 0 Å². The van der Waals surface area contributed by atoms with E-state index in [1.54, 1.807) is 10.7 Å². The van der Waals surface area contributed by atoms with Crippen molar-refractivity contribution in [1.82, 2.24) is 9.78 Å². The van der Waals surface area contributed by atoms with Crippen molar-refractivity contribution in [1.29, 1.82) is 0 Å². The largest absolute Gasteiger partial charge is 0.373 e. The van der Waals surface area contributed by atoms with E-state index in [0.29, 0.717) is 12.4 Å². The van der Waals surface area contributed by atoms with Gasteiger partial charge in [0.2, 0.25) is 11.8 Å². The summed E-state index contributed by atoms with van der Waals surface area (Å²) in [6.45, 7) is 2.66. The standard InChI is InChI=1S/C19H19N3O3/c1-11-3-2-4-12(9-11)10-21-8-7-15(20-21)22-18(23)16-13-5-6-14(25-13)17(16)19(22)24/h2-4,7-9,13-14,16-17H,5-6,10H2,1H3/t13-,14-,16-,17+/m0/s1. The number of ether oxygens (including phenoxy) is 1. The fourth-order valence-electron chi connectivity index (χ4n) is 4.49. The number of amides is 2. The minimum Gasteiger partial charge on any atom is -0.373 e. The predicted molar refractivity (Wildman–Crippen MR) is 89.9 cm³/mol. The van der Waals surface area contributed by atoms with Gasteiger partial charge in [0.25, 0.3) is 0 Å². The molecular weight excluding hydrogens is 318 g/mol. The third kappa shape index (κ3) is 2.17. The molecule has 6 heteroatoms. The summed E-state index contributed by atoms with van der Waals surface area (Å²) in [7, 11) is 0. The summed E-state index contributed by atoms with van der Waals surface area (Å²) < 4.78 is 7.53. The summed E-state index contributed by atoms with van der Waals surface area (Å²) in [6, 6.07) is 9.95. The minimum absolute atomic E-state index is 0.0918. The number of aryl methyl sites for hydroxylation is 1. The number of imide groups is 1. The van der Waals surface area contributed by atoms with Crippen molar-refractivity contribution in [2.24, 2.45) is 11.8 Å². The normalized spacial score (nSPS) is 30.4. The lowest BCUT2D eigenvalue weighted by molar-refractivity contribution is -0.124. The van der Waals surface area contributed by atoms with Crippen LogP contribution in [-0.2, 0) is 20.9 Å². The Hall–Kier alpha value is -2.47. The van der Waals surface area contributed by atoms with Gasteiger partial charge in [0.15, 0.2) is 5.82 Å². The van der Waals surface area contributed by atoms with E-state index >= 15 is 0 Å². The monoisotopic (exact) mass is 337 g/mol. The summed E-state index contributed by atoms with van der Waals surface area (Å²) >= 11 is 0. The first kappa shape index (κ1) is 14.8. The number of carbonyl (C=O) groups excluding carboxylic acids is 2. The number of rotatable bonds is 3. The first-order chi connectivity index (χ1) is 12.1. The zero-order valence-electron chi connectivity index (χ0n) is 14.0. The van der Waals surface area contributed by atoms with E-state index in [4.69, 9.17) is 4.74 Å². The molecule has 25 heavy (non-hydrogen) atoms. The van der Waals surface area contributed by atoms with Crippen LogP contribution in [0.3, 0.4) is 0 Å². The Morgan fingerprint density at radius 3 is 2.52 bits per heavy atom. The molecule has 0 N–H and O–H groups in total. The lowest BCUT2D eigenvalue weighted by Gasteiger charge is -2.15. The fraction of sp³-hybridized carbons (Fsp3) is 0.421. The van der Waals surface area contributed by atoms with Crippen molar-refractivity contribution in [3.63, 3.8) is 0 Å². The van der Waals surface area contributed by atoms with Crippen molar-refractivity contribution in [2.75, 3.05) is 4.90 Å². The zero-order valence-corrected chi connectivity index (χ0v) is 14.0. The number of carbonyl (C=O) groups is 2. The van der Waals surface area contributed by atoms with Crippen molar-refractivity contribution in [2.45, 2.75) is 38.5 Å². The second-order valence-corrected chi connectivity index (χ2v) is 7.21. The Morgan fingerprint density at radius 1 is 1.12 bits per heavy atom. The molecule has 1 aromatic carbocycles. The third-order valence-electron chi connectivity index (χ3n) is 5.57. The quantitative estimate of drug-likeness (QED) is 0.803. The molecule has 4 atom stereocenters. The van der Waals surface area contributed by atoms with Crippen molar-refractivity contribution in [3.8, 4) is 0 Å². The van der Waals surface area contributed by atoms with Crippen molar-refractivity contribution in [3.05, 3.63) is 47.7 Å². The lowest BCUT2D eigenvalue weighted by atomic mass is 9.81. The molecule has 0 radical (unpaired) electrons. The second-order valence-electron chi connectivity index (χ2n) is 7.21. The van der Waals surface area contributed by atoms with Gasteiger partial charge in [-0.1, -0.05) is 29.8 Å². The van der Waals surface area contributed by atoms with Gasteiger partial charge in [0.1, 0.15) is 0 Å². The van der Waals surface area contributed by atoms with Gasteiger partial charge in [-0.3, -0.25) is 14.3 Å². The molecule has 1 aromatic heterocycles. The molecule has 3 aliphatic heterocycles. The maximum Gasteiger partial charge on any atom is 0.241 e. The van der Waals surface area contributed by atoms with Gasteiger partial charge < -0.3 is 4.74 Å². The van der Waals surface area contributed by atoms with Gasteiger partial charge in [-0.05, 0) is 25.3 Å². The molecule has 3 fully saturated rings. The van der Waals surface area contributed by atoms with Gasteiger partial charge in [0, 0.05) is 12.3 Å². The lowest BCUT2D eigenvalue weighted by Crippen LogP contribution is -2.34. The van der Waals surface area contributed by atoms with Crippen LogP contribution in [0.2, 0.25) is 0 Å². The zero-order chi connectivity index (χ0) is 17.1. The van der Waals surface area contributed by atoms with Crippen LogP contribution in [0.5, 0.6) is 0 Å². The smallest absolute Gasteiger partial charge is 0.241 e. The first-order valence-corrected chi connectivity index (χ1v) is 8.74. The van der Waals surface area contributed by atoms with Crippen LogP contribution in [0.1, 0.15) is 24.0 Å². The van der Waals surface area contributed by atoms with E-state index in [1.165, 1.54) is 10.5 Å². The van der Waals surface area contributed by atoms with Crippen LogP contribution in [-0.4, -0.2) is 33.8 Å². The van der Waals surface area contributed by atoms with Gasteiger partial charge >= 0.3 is 0 Å². The number of hydrogen-bond acceptors (Lipinski definition) is 4. The third-order valence-corrected chi connectivity index (χ3v) is 5.57. The Balaban J connectivity index is 1.40. The van der Waals surface area contributed by atoms with Crippen LogP contribution >= 0.6 is 0 Å². The molecular formula is C19H19N3O3. The average Bonchev–Trinajstić information content (AvgIpc) is 3.33. The van der Waals surface area contributed by atoms with E-state index in [0.717, 1.165) is 18.4 Å². The number of anilines is 1. The molecule has 5 rings (SSSR count). The number of benzene rings is 1. The molecule has 128 valence electrons. The summed E-state index contributed by atoms with van der Waals surface area (Å²) in [4.78, 5) is 26.8. The van der Waals surface area contributed by atoms with E-state index in [1.807, 2.05) is 18.3 Å². The Labute approximate surface area is 145 Å². The highest BCUT2D eigenvalue weighted by Gasteiger charge is 2.63. The van der Waals surface area contributed by atoms with Crippen LogP contribution in [0.15, 0.2) is 36.5 Å². The summed E-state index contributed by atoms with van der Waals surface area (Å²) in [5.41, 5.74) is 2.33. The minimum atomic E-state index is -0.312. The van der Waals surface area contributed by atoms with Crippen molar-refractivity contribution < 1.29 is 14.3 Å². The molecule has 3 aliphatic rings. The molecule has 3 saturated heterocycles. The molecule has 0 saturated carbocycles. The molecule has 0 spiro atoms. The second kappa shape index (κ2) is 5.26. The molecule has 6 nitrogen and oxygen atoms in total. The highest BCUT2D eigenvalue weighted by Crippen LogP contribution is 2.49. The summed E-state index contributed by atoms with van der Waals surface area (Å²) in [5.74, 6) is -0.496. The van der Waals surface area contributed by atoms with Crippen LogP contribution in [0.25, 0.3) is 0 Å².